The SMILES string of the molecule is Cc1cc(C)n2nc(C(=O)N(C)c3ccc4ccccc4c3)nc2n1. The van der Waals surface area contributed by atoms with Crippen molar-refractivity contribution >= 4 is 28.1 Å². The number of anilines is 1. The van der Waals surface area contributed by atoms with Crippen LogP contribution in [0.15, 0.2) is 48.5 Å². The molecule has 2 aromatic heterocycles. The molecule has 124 valence electrons. The fraction of sp³-hybridized carbons (Fsp3) is 0.158. The highest BCUT2D eigenvalue weighted by molar-refractivity contribution is 6.04. The van der Waals surface area contributed by atoms with E-state index in [-0.39, 0.29) is 11.7 Å². The summed E-state index contributed by atoms with van der Waals surface area (Å²) in [6.45, 7) is 3.81. The molecule has 0 aliphatic carbocycles. The van der Waals surface area contributed by atoms with E-state index in [4.69, 9.17) is 0 Å². The van der Waals surface area contributed by atoms with Gasteiger partial charge in [-0.25, -0.2) is 9.50 Å². The zero-order valence-electron chi connectivity index (χ0n) is 14.3. The van der Waals surface area contributed by atoms with Crippen LogP contribution in [0.5, 0.6) is 0 Å². The summed E-state index contributed by atoms with van der Waals surface area (Å²) in [5.41, 5.74) is 2.53. The van der Waals surface area contributed by atoms with Crippen molar-refractivity contribution < 1.29 is 4.79 Å². The normalized spacial score (nSPS) is 11.2. The van der Waals surface area contributed by atoms with Gasteiger partial charge >= 0.3 is 0 Å². The molecule has 2 heterocycles. The Morgan fingerprint density at radius 1 is 1.00 bits per heavy atom. The first-order valence-corrected chi connectivity index (χ1v) is 8.01. The van der Waals surface area contributed by atoms with E-state index in [1.807, 2.05) is 62.4 Å². The Hall–Kier alpha value is -3.28. The molecule has 0 saturated heterocycles. The molecule has 0 bridgehead atoms. The quantitative estimate of drug-likeness (QED) is 0.566. The molecule has 0 unspecified atom stereocenters. The zero-order chi connectivity index (χ0) is 17.6. The van der Waals surface area contributed by atoms with Crippen molar-refractivity contribution in [2.24, 2.45) is 0 Å². The van der Waals surface area contributed by atoms with Gasteiger partial charge in [0.15, 0.2) is 0 Å². The molecular weight excluding hydrogens is 314 g/mol. The van der Waals surface area contributed by atoms with Crippen LogP contribution in [0.4, 0.5) is 5.69 Å². The average Bonchev–Trinajstić information content (AvgIpc) is 3.04. The second-order valence-corrected chi connectivity index (χ2v) is 6.08. The van der Waals surface area contributed by atoms with Gasteiger partial charge < -0.3 is 4.90 Å². The highest BCUT2D eigenvalue weighted by Gasteiger charge is 2.20. The Morgan fingerprint density at radius 2 is 1.76 bits per heavy atom. The fourth-order valence-corrected chi connectivity index (χ4v) is 2.91. The lowest BCUT2D eigenvalue weighted by Gasteiger charge is -2.16. The Kier molecular flexibility index (Phi) is 3.46. The molecule has 6 nitrogen and oxygen atoms in total. The van der Waals surface area contributed by atoms with Crippen LogP contribution in [0.25, 0.3) is 16.6 Å². The number of hydrogen-bond donors (Lipinski definition) is 0. The van der Waals surface area contributed by atoms with E-state index in [0.717, 1.165) is 27.8 Å². The minimum atomic E-state index is -0.266. The summed E-state index contributed by atoms with van der Waals surface area (Å²) in [6.07, 6.45) is 0. The number of benzene rings is 2. The summed E-state index contributed by atoms with van der Waals surface area (Å²) in [5.74, 6) is 0.308. The van der Waals surface area contributed by atoms with Crippen molar-refractivity contribution in [1.29, 1.82) is 0 Å². The fourth-order valence-electron chi connectivity index (χ4n) is 2.91. The molecule has 6 heteroatoms. The lowest BCUT2D eigenvalue weighted by molar-refractivity contribution is 0.0983. The molecular formula is C19H17N5O. The van der Waals surface area contributed by atoms with Crippen LogP contribution < -0.4 is 4.90 Å². The third-order valence-electron chi connectivity index (χ3n) is 4.23. The predicted molar refractivity (Wildman–Crippen MR) is 96.9 cm³/mol. The number of nitrogens with zero attached hydrogens (tertiary/aromatic N) is 5. The lowest BCUT2D eigenvalue weighted by Crippen LogP contribution is -2.27. The monoisotopic (exact) mass is 331 g/mol. The van der Waals surface area contributed by atoms with Crippen molar-refractivity contribution in [3.63, 3.8) is 0 Å². The summed E-state index contributed by atoms with van der Waals surface area (Å²) >= 11 is 0. The van der Waals surface area contributed by atoms with Crippen LogP contribution >= 0.6 is 0 Å². The smallest absolute Gasteiger partial charge is 0.297 e. The molecule has 25 heavy (non-hydrogen) atoms. The predicted octanol–water partition coefficient (Wildman–Crippen LogP) is 3.17. The first-order chi connectivity index (χ1) is 12.0. The number of rotatable bonds is 2. The van der Waals surface area contributed by atoms with Gasteiger partial charge in [-0.3, -0.25) is 4.79 Å². The number of aryl methyl sites for hydroxylation is 2. The van der Waals surface area contributed by atoms with Crippen LogP contribution in [-0.2, 0) is 0 Å². The molecule has 2 aromatic carbocycles. The summed E-state index contributed by atoms with van der Waals surface area (Å²) in [6, 6.07) is 15.9. The Labute approximate surface area is 144 Å². The lowest BCUT2D eigenvalue weighted by atomic mass is 10.1. The highest BCUT2D eigenvalue weighted by atomic mass is 16.2. The van der Waals surface area contributed by atoms with Gasteiger partial charge in [-0.15, -0.1) is 5.10 Å². The molecule has 0 saturated carbocycles. The maximum absolute atomic E-state index is 12.8. The van der Waals surface area contributed by atoms with E-state index < -0.39 is 0 Å². The van der Waals surface area contributed by atoms with Crippen LogP contribution in [0.3, 0.4) is 0 Å². The number of amides is 1. The number of carbonyl (C=O) groups excluding carboxylic acids is 1. The molecule has 4 aromatic rings. The van der Waals surface area contributed by atoms with Gasteiger partial charge in [0.25, 0.3) is 11.7 Å². The minimum absolute atomic E-state index is 0.136. The molecule has 0 fully saturated rings. The first-order valence-electron chi connectivity index (χ1n) is 8.01. The van der Waals surface area contributed by atoms with E-state index in [1.165, 1.54) is 0 Å². The molecule has 0 aliphatic heterocycles. The van der Waals surface area contributed by atoms with Gasteiger partial charge in [0.2, 0.25) is 5.82 Å². The molecule has 0 N–H and O–H groups in total. The minimum Gasteiger partial charge on any atom is -0.309 e. The average molecular weight is 331 g/mol. The maximum Gasteiger partial charge on any atom is 0.297 e. The van der Waals surface area contributed by atoms with Crippen molar-refractivity contribution in [3.05, 3.63) is 65.7 Å². The van der Waals surface area contributed by atoms with Gasteiger partial charge in [-0.1, -0.05) is 30.3 Å². The zero-order valence-corrected chi connectivity index (χ0v) is 14.3. The van der Waals surface area contributed by atoms with Crippen molar-refractivity contribution in [2.45, 2.75) is 13.8 Å². The number of aromatic nitrogens is 4. The van der Waals surface area contributed by atoms with Gasteiger partial charge in [0.05, 0.1) is 0 Å². The highest BCUT2D eigenvalue weighted by Crippen LogP contribution is 2.22. The van der Waals surface area contributed by atoms with Crippen molar-refractivity contribution in [3.8, 4) is 0 Å². The van der Waals surface area contributed by atoms with E-state index >= 15 is 0 Å². The maximum atomic E-state index is 12.8. The summed E-state index contributed by atoms with van der Waals surface area (Å²) in [5, 5.41) is 6.53. The van der Waals surface area contributed by atoms with Gasteiger partial charge in [-0.2, -0.15) is 4.98 Å². The van der Waals surface area contributed by atoms with Crippen LogP contribution in [0.1, 0.15) is 22.0 Å². The summed E-state index contributed by atoms with van der Waals surface area (Å²) in [7, 11) is 1.73. The van der Waals surface area contributed by atoms with Crippen LogP contribution in [0, 0.1) is 13.8 Å². The molecule has 0 atom stereocenters. The Morgan fingerprint density at radius 3 is 2.56 bits per heavy atom. The van der Waals surface area contributed by atoms with E-state index in [9.17, 15) is 4.79 Å². The molecule has 0 radical (unpaired) electrons. The first kappa shape index (κ1) is 15.3. The largest absolute Gasteiger partial charge is 0.309 e. The van der Waals surface area contributed by atoms with Gasteiger partial charge in [0, 0.05) is 24.1 Å². The topological polar surface area (TPSA) is 63.4 Å². The Bertz CT molecular complexity index is 1120. The van der Waals surface area contributed by atoms with Gasteiger partial charge in [0.1, 0.15) is 0 Å². The van der Waals surface area contributed by atoms with Crippen LogP contribution in [-0.4, -0.2) is 32.5 Å². The van der Waals surface area contributed by atoms with E-state index in [1.54, 1.807) is 16.5 Å². The van der Waals surface area contributed by atoms with Crippen molar-refractivity contribution in [1.82, 2.24) is 19.6 Å². The standard InChI is InChI=1S/C19H17N5O/c1-12-10-13(2)24-19(20-12)21-17(22-24)18(25)23(3)16-9-8-14-6-4-5-7-15(14)11-16/h4-11H,1-3H3. The molecule has 0 spiro atoms. The summed E-state index contributed by atoms with van der Waals surface area (Å²) < 4.78 is 1.59. The molecule has 1 amide bonds. The van der Waals surface area contributed by atoms with E-state index in [0.29, 0.717) is 5.78 Å². The second kappa shape index (κ2) is 5.66. The number of fused-ring (bicyclic) bond motifs is 2. The Balaban J connectivity index is 1.72. The molecule has 4 rings (SSSR count). The third kappa shape index (κ3) is 2.61. The van der Waals surface area contributed by atoms with E-state index in [2.05, 4.69) is 15.1 Å². The van der Waals surface area contributed by atoms with Crippen molar-refractivity contribution in [2.75, 3.05) is 11.9 Å². The second-order valence-electron chi connectivity index (χ2n) is 6.08. The number of carbonyl (C=O) groups is 1. The van der Waals surface area contributed by atoms with Crippen LogP contribution in [0.2, 0.25) is 0 Å². The third-order valence-corrected chi connectivity index (χ3v) is 4.23. The molecule has 0 aliphatic rings. The van der Waals surface area contributed by atoms with Gasteiger partial charge in [-0.05, 0) is 42.8 Å². The summed E-state index contributed by atoms with van der Waals surface area (Å²) in [4.78, 5) is 23.0. The number of hydrogen-bond acceptors (Lipinski definition) is 4.